The molecule has 1 fully saturated rings. The molecule has 5 heteroatoms. The molecule has 2 rings (SSSR count). The van der Waals surface area contributed by atoms with Gasteiger partial charge in [0, 0.05) is 12.2 Å². The fraction of sp³-hybridized carbons (Fsp3) is 0.375. The van der Waals surface area contributed by atoms with Crippen LogP contribution in [0, 0.1) is 4.77 Å². The van der Waals surface area contributed by atoms with Gasteiger partial charge in [0.2, 0.25) is 0 Å². The van der Waals surface area contributed by atoms with Crippen LogP contribution in [0.25, 0.3) is 0 Å². The lowest BCUT2D eigenvalue weighted by atomic mass is 10.3. The van der Waals surface area contributed by atoms with E-state index in [2.05, 4.69) is 15.3 Å². The number of aromatic nitrogens is 2. The van der Waals surface area contributed by atoms with E-state index in [1.165, 1.54) is 6.20 Å². The van der Waals surface area contributed by atoms with E-state index >= 15 is 0 Å². The van der Waals surface area contributed by atoms with Crippen molar-refractivity contribution in [2.24, 2.45) is 0 Å². The lowest BCUT2D eigenvalue weighted by molar-refractivity contribution is 0.112. The highest BCUT2D eigenvalue weighted by Gasteiger charge is 2.22. The van der Waals surface area contributed by atoms with E-state index in [1.54, 1.807) is 0 Å². The average Bonchev–Trinajstić information content (AvgIpc) is 2.89. The summed E-state index contributed by atoms with van der Waals surface area (Å²) in [4.78, 5) is 17.3. The second-order valence-corrected chi connectivity index (χ2v) is 3.44. The number of rotatable bonds is 3. The topological polar surface area (TPSA) is 57.8 Å². The summed E-state index contributed by atoms with van der Waals surface area (Å²) >= 11 is 4.86. The van der Waals surface area contributed by atoms with E-state index in [0.717, 1.165) is 19.1 Å². The fourth-order valence-electron chi connectivity index (χ4n) is 1.04. The van der Waals surface area contributed by atoms with E-state index in [9.17, 15) is 4.79 Å². The number of aromatic amines is 1. The maximum atomic E-state index is 10.6. The van der Waals surface area contributed by atoms with E-state index < -0.39 is 0 Å². The van der Waals surface area contributed by atoms with Crippen molar-refractivity contribution in [1.82, 2.24) is 9.97 Å². The second kappa shape index (κ2) is 3.26. The first-order chi connectivity index (χ1) is 6.29. The van der Waals surface area contributed by atoms with Gasteiger partial charge in [0.25, 0.3) is 0 Å². The monoisotopic (exact) mass is 195 g/mol. The summed E-state index contributed by atoms with van der Waals surface area (Å²) in [5, 5.41) is 3.18. The Morgan fingerprint density at radius 3 is 3.08 bits per heavy atom. The summed E-state index contributed by atoms with van der Waals surface area (Å²) in [6.45, 7) is 0. The molecular formula is C8H9N3OS. The third-order valence-electron chi connectivity index (χ3n) is 1.89. The van der Waals surface area contributed by atoms with Crippen LogP contribution in [0.3, 0.4) is 0 Å². The van der Waals surface area contributed by atoms with E-state index in [1.807, 2.05) is 0 Å². The molecule has 1 aromatic rings. The standard InChI is InChI=1S/C8H9N3OS/c12-4-5-3-9-8(13)11-7(5)10-6-1-2-6/h3-4,6H,1-2H2,(H2,9,10,11,13). The van der Waals surface area contributed by atoms with Crippen LogP contribution in [0.2, 0.25) is 0 Å². The molecule has 1 heterocycles. The number of hydrogen-bond acceptors (Lipinski definition) is 4. The van der Waals surface area contributed by atoms with E-state index in [-0.39, 0.29) is 0 Å². The molecule has 1 aliphatic carbocycles. The van der Waals surface area contributed by atoms with Gasteiger partial charge in [-0.1, -0.05) is 0 Å². The van der Waals surface area contributed by atoms with Gasteiger partial charge < -0.3 is 10.3 Å². The molecule has 68 valence electrons. The largest absolute Gasteiger partial charge is 0.368 e. The van der Waals surface area contributed by atoms with Crippen molar-refractivity contribution in [3.05, 3.63) is 16.5 Å². The average molecular weight is 195 g/mol. The van der Waals surface area contributed by atoms with Crippen LogP contribution in [0.15, 0.2) is 6.20 Å². The summed E-state index contributed by atoms with van der Waals surface area (Å²) in [6, 6.07) is 0.492. The van der Waals surface area contributed by atoms with Crippen LogP contribution < -0.4 is 5.32 Å². The molecule has 2 N–H and O–H groups in total. The van der Waals surface area contributed by atoms with Crippen molar-refractivity contribution in [3.8, 4) is 0 Å². The second-order valence-electron chi connectivity index (χ2n) is 3.06. The maximum absolute atomic E-state index is 10.6. The van der Waals surface area contributed by atoms with Gasteiger partial charge >= 0.3 is 0 Å². The molecule has 1 aromatic heterocycles. The predicted octanol–water partition coefficient (Wildman–Crippen LogP) is 1.53. The maximum Gasteiger partial charge on any atom is 0.198 e. The zero-order valence-electron chi connectivity index (χ0n) is 6.91. The summed E-state index contributed by atoms with van der Waals surface area (Å²) in [5.41, 5.74) is 0.528. The molecule has 0 saturated heterocycles. The quantitative estimate of drug-likeness (QED) is 0.567. The normalized spacial score (nSPS) is 15.4. The van der Waals surface area contributed by atoms with Crippen molar-refractivity contribution in [2.45, 2.75) is 18.9 Å². The Bertz CT molecular complexity index is 383. The van der Waals surface area contributed by atoms with Crippen LogP contribution in [-0.2, 0) is 0 Å². The van der Waals surface area contributed by atoms with E-state index in [4.69, 9.17) is 12.2 Å². The Morgan fingerprint density at radius 1 is 1.69 bits per heavy atom. The molecule has 13 heavy (non-hydrogen) atoms. The minimum absolute atomic E-state index is 0.397. The van der Waals surface area contributed by atoms with Crippen LogP contribution in [-0.4, -0.2) is 22.3 Å². The van der Waals surface area contributed by atoms with Crippen molar-refractivity contribution in [1.29, 1.82) is 0 Å². The highest BCUT2D eigenvalue weighted by molar-refractivity contribution is 7.71. The number of carbonyl (C=O) groups is 1. The number of anilines is 1. The lowest BCUT2D eigenvalue weighted by Crippen LogP contribution is -2.06. The molecule has 4 nitrogen and oxygen atoms in total. The van der Waals surface area contributed by atoms with Crippen molar-refractivity contribution in [2.75, 3.05) is 5.32 Å². The van der Waals surface area contributed by atoms with Crippen LogP contribution in [0.4, 0.5) is 5.82 Å². The Morgan fingerprint density at radius 2 is 2.46 bits per heavy atom. The molecule has 0 aliphatic heterocycles. The van der Waals surface area contributed by atoms with Gasteiger partial charge in [0.1, 0.15) is 5.82 Å². The van der Waals surface area contributed by atoms with Gasteiger partial charge in [-0.05, 0) is 25.1 Å². The van der Waals surface area contributed by atoms with Gasteiger partial charge in [-0.25, -0.2) is 4.98 Å². The number of nitrogens with one attached hydrogen (secondary N) is 2. The molecular weight excluding hydrogens is 186 g/mol. The van der Waals surface area contributed by atoms with Gasteiger partial charge in [-0.3, -0.25) is 4.79 Å². The minimum Gasteiger partial charge on any atom is -0.368 e. The van der Waals surface area contributed by atoms with Crippen LogP contribution in [0.5, 0.6) is 0 Å². The number of hydrogen-bond donors (Lipinski definition) is 2. The minimum atomic E-state index is 0.397. The summed E-state index contributed by atoms with van der Waals surface area (Å²) in [5.74, 6) is 0.692. The molecule has 0 amide bonds. The first-order valence-corrected chi connectivity index (χ1v) is 4.51. The molecule has 0 atom stereocenters. The highest BCUT2D eigenvalue weighted by Crippen LogP contribution is 2.24. The summed E-state index contributed by atoms with van der Waals surface area (Å²) in [6.07, 6.45) is 4.56. The van der Waals surface area contributed by atoms with Crippen molar-refractivity contribution >= 4 is 24.3 Å². The smallest absolute Gasteiger partial charge is 0.198 e. The summed E-state index contributed by atoms with van der Waals surface area (Å²) in [7, 11) is 0. The number of H-pyrrole nitrogens is 1. The third kappa shape index (κ3) is 1.92. The van der Waals surface area contributed by atoms with Crippen molar-refractivity contribution < 1.29 is 4.79 Å². The first-order valence-electron chi connectivity index (χ1n) is 4.10. The van der Waals surface area contributed by atoms with Gasteiger partial charge in [0.05, 0.1) is 5.56 Å². The summed E-state index contributed by atoms with van der Waals surface area (Å²) < 4.78 is 0.397. The number of nitrogens with zero attached hydrogens (tertiary/aromatic N) is 1. The predicted molar refractivity (Wildman–Crippen MR) is 51.5 cm³/mol. The van der Waals surface area contributed by atoms with Gasteiger partial charge in [-0.15, -0.1) is 0 Å². The highest BCUT2D eigenvalue weighted by atomic mass is 32.1. The molecule has 0 aromatic carbocycles. The molecule has 0 radical (unpaired) electrons. The third-order valence-corrected chi connectivity index (χ3v) is 2.10. The Kier molecular flexibility index (Phi) is 2.10. The van der Waals surface area contributed by atoms with Crippen molar-refractivity contribution in [3.63, 3.8) is 0 Å². The molecule has 1 aliphatic rings. The van der Waals surface area contributed by atoms with Gasteiger partial charge in [0.15, 0.2) is 11.1 Å². The molecule has 0 spiro atoms. The Balaban J connectivity index is 2.32. The lowest BCUT2D eigenvalue weighted by Gasteiger charge is -2.05. The number of aldehydes is 1. The molecule has 1 saturated carbocycles. The number of carbonyl (C=O) groups excluding carboxylic acids is 1. The van der Waals surface area contributed by atoms with Crippen LogP contribution >= 0.6 is 12.2 Å². The fourth-order valence-corrected chi connectivity index (χ4v) is 1.20. The zero-order valence-corrected chi connectivity index (χ0v) is 7.73. The van der Waals surface area contributed by atoms with Crippen LogP contribution in [0.1, 0.15) is 23.2 Å². The molecule has 0 bridgehead atoms. The molecule has 0 unspecified atom stereocenters. The zero-order chi connectivity index (χ0) is 9.26. The van der Waals surface area contributed by atoms with Gasteiger partial charge in [-0.2, -0.15) is 0 Å². The first kappa shape index (κ1) is 8.37. The SMILES string of the molecule is O=Cc1cnc(=S)[nH]c1NC1CC1. The Labute approximate surface area is 80.4 Å². The Hall–Kier alpha value is -1.23. The van der Waals surface area contributed by atoms with E-state index in [0.29, 0.717) is 22.2 Å².